The van der Waals surface area contributed by atoms with E-state index in [2.05, 4.69) is 0 Å². The van der Waals surface area contributed by atoms with Crippen molar-refractivity contribution in [1.29, 1.82) is 0 Å². The van der Waals surface area contributed by atoms with E-state index in [9.17, 15) is 0 Å². The Bertz CT molecular complexity index is 599. The molecule has 0 aliphatic rings. The van der Waals surface area contributed by atoms with E-state index in [1.165, 1.54) is 0 Å². The highest BCUT2D eigenvalue weighted by Gasteiger charge is 2.08. The summed E-state index contributed by atoms with van der Waals surface area (Å²) in [6, 6.07) is 8.44. The second-order valence-corrected chi connectivity index (χ2v) is 5.07. The topological polar surface area (TPSA) is 35.2 Å². The number of benzene rings is 2. The second kappa shape index (κ2) is 5.27. The molecule has 0 fully saturated rings. The molecule has 94 valence electrons. The number of nitrogen functional groups attached to an aromatic ring is 1. The molecule has 0 saturated carbocycles. The molecule has 5 heteroatoms. The predicted molar refractivity (Wildman–Crippen MR) is 77.1 cm³/mol. The van der Waals surface area contributed by atoms with E-state index in [4.69, 9.17) is 45.3 Å². The highest BCUT2D eigenvalue weighted by Crippen LogP contribution is 2.35. The molecule has 0 bridgehead atoms. The zero-order valence-electron chi connectivity index (χ0n) is 9.51. The Labute approximate surface area is 120 Å². The lowest BCUT2D eigenvalue weighted by Gasteiger charge is -2.11. The molecule has 0 aromatic heterocycles. The molecule has 0 heterocycles. The molecule has 0 spiro atoms. The van der Waals surface area contributed by atoms with Gasteiger partial charge in [0, 0.05) is 11.1 Å². The van der Waals surface area contributed by atoms with Crippen LogP contribution in [0.25, 0.3) is 0 Å². The van der Waals surface area contributed by atoms with Crippen molar-refractivity contribution >= 4 is 40.5 Å². The van der Waals surface area contributed by atoms with Crippen LogP contribution in [0.2, 0.25) is 15.1 Å². The van der Waals surface area contributed by atoms with Crippen LogP contribution in [0, 0.1) is 6.92 Å². The maximum Gasteiger partial charge on any atom is 0.146 e. The van der Waals surface area contributed by atoms with Crippen molar-refractivity contribution in [2.24, 2.45) is 0 Å². The molecular weight excluding hydrogens is 293 g/mol. The number of ether oxygens (including phenoxy) is 1. The minimum Gasteiger partial charge on any atom is -0.455 e. The maximum absolute atomic E-state index is 6.04. The van der Waals surface area contributed by atoms with Crippen molar-refractivity contribution in [3.8, 4) is 11.5 Å². The first-order valence-electron chi connectivity index (χ1n) is 5.16. The SMILES string of the molecule is Cc1cc(N)c(Cl)cc1Oc1ccc(Cl)cc1Cl. The molecule has 2 N–H and O–H groups in total. The molecule has 0 radical (unpaired) electrons. The minimum absolute atomic E-state index is 0.440. The first-order chi connectivity index (χ1) is 8.47. The van der Waals surface area contributed by atoms with Gasteiger partial charge in [0.2, 0.25) is 0 Å². The van der Waals surface area contributed by atoms with Crippen molar-refractivity contribution in [2.45, 2.75) is 6.92 Å². The van der Waals surface area contributed by atoms with E-state index >= 15 is 0 Å². The van der Waals surface area contributed by atoms with Crippen LogP contribution in [0.1, 0.15) is 5.56 Å². The van der Waals surface area contributed by atoms with Gasteiger partial charge < -0.3 is 10.5 Å². The summed E-state index contributed by atoms with van der Waals surface area (Å²) in [6.45, 7) is 1.88. The monoisotopic (exact) mass is 301 g/mol. The van der Waals surface area contributed by atoms with E-state index in [0.717, 1.165) is 5.56 Å². The molecule has 2 rings (SSSR count). The summed E-state index contributed by atoms with van der Waals surface area (Å²) < 4.78 is 5.70. The van der Waals surface area contributed by atoms with Crippen molar-refractivity contribution < 1.29 is 4.74 Å². The molecule has 2 aromatic rings. The number of anilines is 1. The summed E-state index contributed by atoms with van der Waals surface area (Å²) in [5.74, 6) is 1.13. The van der Waals surface area contributed by atoms with Gasteiger partial charge in [-0.25, -0.2) is 0 Å². The summed E-state index contributed by atoms with van der Waals surface area (Å²) in [6.07, 6.45) is 0. The van der Waals surface area contributed by atoms with Gasteiger partial charge in [0.15, 0.2) is 0 Å². The third-order valence-corrected chi connectivity index (χ3v) is 3.27. The molecule has 0 amide bonds. The Kier molecular flexibility index (Phi) is 3.91. The summed E-state index contributed by atoms with van der Waals surface area (Å²) in [5, 5.41) is 1.44. The molecule has 0 atom stereocenters. The van der Waals surface area contributed by atoms with Crippen molar-refractivity contribution in [1.82, 2.24) is 0 Å². The van der Waals surface area contributed by atoms with Gasteiger partial charge in [-0.3, -0.25) is 0 Å². The highest BCUT2D eigenvalue weighted by atomic mass is 35.5. The molecule has 0 unspecified atom stereocenters. The number of nitrogens with two attached hydrogens (primary N) is 1. The van der Waals surface area contributed by atoms with Crippen LogP contribution in [0.5, 0.6) is 11.5 Å². The van der Waals surface area contributed by atoms with Crippen molar-refractivity contribution in [3.63, 3.8) is 0 Å². The van der Waals surface area contributed by atoms with E-state index in [1.807, 2.05) is 6.92 Å². The van der Waals surface area contributed by atoms with Gasteiger partial charge in [-0.05, 0) is 36.8 Å². The fourth-order valence-corrected chi connectivity index (χ4v) is 2.07. The summed E-state index contributed by atoms with van der Waals surface area (Å²) in [7, 11) is 0. The van der Waals surface area contributed by atoms with Crippen molar-refractivity contribution in [2.75, 3.05) is 5.73 Å². The van der Waals surface area contributed by atoms with E-state index in [1.54, 1.807) is 30.3 Å². The highest BCUT2D eigenvalue weighted by molar-refractivity contribution is 6.35. The van der Waals surface area contributed by atoms with Crippen LogP contribution in [-0.2, 0) is 0 Å². The standard InChI is InChI=1S/C13H10Cl3NO/c1-7-4-11(17)9(15)6-13(7)18-12-3-2-8(14)5-10(12)16/h2-6H,17H2,1H3. The number of rotatable bonds is 2. The van der Waals surface area contributed by atoms with Crippen molar-refractivity contribution in [3.05, 3.63) is 51.0 Å². The summed E-state index contributed by atoms with van der Waals surface area (Å²) in [4.78, 5) is 0. The third kappa shape index (κ3) is 2.83. The largest absolute Gasteiger partial charge is 0.455 e. The van der Waals surface area contributed by atoms with E-state index < -0.39 is 0 Å². The van der Waals surface area contributed by atoms with Gasteiger partial charge >= 0.3 is 0 Å². The van der Waals surface area contributed by atoms with Crippen LogP contribution in [-0.4, -0.2) is 0 Å². The average molecular weight is 303 g/mol. The number of aryl methyl sites for hydroxylation is 1. The Morgan fingerprint density at radius 3 is 2.33 bits per heavy atom. The molecular formula is C13H10Cl3NO. The molecule has 0 aliphatic carbocycles. The quantitative estimate of drug-likeness (QED) is 0.761. The first-order valence-corrected chi connectivity index (χ1v) is 6.29. The van der Waals surface area contributed by atoms with Gasteiger partial charge in [-0.1, -0.05) is 34.8 Å². The van der Waals surface area contributed by atoms with Gasteiger partial charge in [-0.15, -0.1) is 0 Å². The van der Waals surface area contributed by atoms with Crippen LogP contribution in [0.3, 0.4) is 0 Å². The fraction of sp³-hybridized carbons (Fsp3) is 0.0769. The lowest BCUT2D eigenvalue weighted by Crippen LogP contribution is -1.92. The summed E-state index contributed by atoms with van der Waals surface area (Å²) in [5.41, 5.74) is 7.10. The lowest BCUT2D eigenvalue weighted by atomic mass is 10.2. The van der Waals surface area contributed by atoms with Crippen LogP contribution in [0.4, 0.5) is 5.69 Å². The Morgan fingerprint density at radius 1 is 0.944 bits per heavy atom. The predicted octanol–water partition coefficient (Wildman–Crippen LogP) is 5.33. The minimum atomic E-state index is 0.440. The Balaban J connectivity index is 2.37. The molecule has 2 aromatic carbocycles. The zero-order valence-corrected chi connectivity index (χ0v) is 11.8. The van der Waals surface area contributed by atoms with E-state index in [-0.39, 0.29) is 0 Å². The van der Waals surface area contributed by atoms with Crippen LogP contribution < -0.4 is 10.5 Å². The molecule has 0 aliphatic heterocycles. The third-order valence-electron chi connectivity index (χ3n) is 2.41. The zero-order chi connectivity index (χ0) is 13.3. The Morgan fingerprint density at radius 2 is 1.67 bits per heavy atom. The number of halogens is 3. The maximum atomic E-state index is 6.04. The van der Waals surface area contributed by atoms with Crippen LogP contribution in [0.15, 0.2) is 30.3 Å². The van der Waals surface area contributed by atoms with Gasteiger partial charge in [-0.2, -0.15) is 0 Å². The first kappa shape index (κ1) is 13.3. The second-order valence-electron chi connectivity index (χ2n) is 3.82. The van der Waals surface area contributed by atoms with E-state index in [0.29, 0.717) is 32.3 Å². The van der Waals surface area contributed by atoms with Crippen LogP contribution >= 0.6 is 34.8 Å². The normalized spacial score (nSPS) is 10.4. The summed E-state index contributed by atoms with van der Waals surface area (Å²) >= 11 is 17.8. The molecule has 0 saturated heterocycles. The fourth-order valence-electron chi connectivity index (χ4n) is 1.47. The molecule has 18 heavy (non-hydrogen) atoms. The number of hydrogen-bond acceptors (Lipinski definition) is 2. The van der Waals surface area contributed by atoms with Gasteiger partial charge in [0.25, 0.3) is 0 Å². The number of hydrogen-bond donors (Lipinski definition) is 1. The Hall–Kier alpha value is -1.09. The lowest BCUT2D eigenvalue weighted by molar-refractivity contribution is 0.479. The molecule has 2 nitrogen and oxygen atoms in total. The van der Waals surface area contributed by atoms with Gasteiger partial charge in [0.1, 0.15) is 11.5 Å². The smallest absolute Gasteiger partial charge is 0.146 e. The van der Waals surface area contributed by atoms with Gasteiger partial charge in [0.05, 0.1) is 15.7 Å². The average Bonchev–Trinajstić information content (AvgIpc) is 2.29.